The molecule has 3 aromatic rings. The summed E-state index contributed by atoms with van der Waals surface area (Å²) in [6, 6.07) is 15.9. The average molecular weight is 401 g/mol. The highest BCUT2D eigenvalue weighted by Gasteiger charge is 2.19. The molecule has 1 aliphatic carbocycles. The lowest BCUT2D eigenvalue weighted by Crippen LogP contribution is -2.24. The molecule has 30 heavy (non-hydrogen) atoms. The van der Waals surface area contributed by atoms with Crippen molar-refractivity contribution in [3.63, 3.8) is 0 Å². The highest BCUT2D eigenvalue weighted by atomic mass is 16.5. The Morgan fingerprint density at radius 2 is 2.07 bits per heavy atom. The molecule has 0 amide bonds. The molecule has 0 unspecified atom stereocenters. The van der Waals surface area contributed by atoms with Crippen molar-refractivity contribution in [3.05, 3.63) is 70.0 Å². The van der Waals surface area contributed by atoms with Crippen LogP contribution in [-0.2, 0) is 0 Å². The minimum atomic E-state index is -0.565. The number of phenols is 1. The Morgan fingerprint density at radius 1 is 1.27 bits per heavy atom. The van der Waals surface area contributed by atoms with Gasteiger partial charge in [-0.05, 0) is 31.4 Å². The van der Waals surface area contributed by atoms with Crippen LogP contribution in [0.2, 0.25) is 0 Å². The van der Waals surface area contributed by atoms with Crippen LogP contribution < -0.4 is 15.7 Å². The Kier molecular flexibility index (Phi) is 5.44. The monoisotopic (exact) mass is 401 g/mol. The molecule has 1 saturated carbocycles. The molecule has 0 radical (unpaired) electrons. The van der Waals surface area contributed by atoms with E-state index in [0.717, 1.165) is 12.8 Å². The fraction of sp³-hybridized carbons (Fsp3) is 0.182. The van der Waals surface area contributed by atoms with Crippen LogP contribution in [0.4, 0.5) is 5.95 Å². The molecular weight excluding hydrogens is 382 g/mol. The van der Waals surface area contributed by atoms with Crippen molar-refractivity contribution < 1.29 is 9.84 Å². The number of nitriles is 1. The van der Waals surface area contributed by atoms with Crippen molar-refractivity contribution in [2.75, 3.05) is 5.43 Å². The smallest absolute Gasteiger partial charge is 0.270 e. The lowest BCUT2D eigenvalue weighted by molar-refractivity contribution is 0.120. The number of ether oxygens (including phenoxy) is 1. The number of H-pyrrole nitrogens is 1. The topological polar surface area (TPSA) is 123 Å². The van der Waals surface area contributed by atoms with Gasteiger partial charge in [0.15, 0.2) is 0 Å². The van der Waals surface area contributed by atoms with Gasteiger partial charge < -0.3 is 9.84 Å². The minimum absolute atomic E-state index is 0.0311. The van der Waals surface area contributed by atoms with Crippen LogP contribution in [0.1, 0.15) is 30.4 Å². The maximum atomic E-state index is 12.2. The second-order valence-electron chi connectivity index (χ2n) is 6.88. The Balaban J connectivity index is 1.52. The second-order valence-corrected chi connectivity index (χ2v) is 6.88. The van der Waals surface area contributed by atoms with Crippen molar-refractivity contribution in [2.24, 2.45) is 5.10 Å². The zero-order chi connectivity index (χ0) is 20.9. The Morgan fingerprint density at radius 3 is 2.73 bits per heavy atom. The Bertz CT molecular complexity index is 1180. The summed E-state index contributed by atoms with van der Waals surface area (Å²) in [5.74, 6) is 0.732. The predicted molar refractivity (Wildman–Crippen MR) is 113 cm³/mol. The van der Waals surface area contributed by atoms with Gasteiger partial charge in [0.2, 0.25) is 5.95 Å². The standard InChI is InChI=1S/C22H19N5O3/c23-12-18-20(14-5-2-1-3-6-14)25-22(26-21(18)29)27-24-13-15-9-10-17(11-19(15)28)30-16-7-4-8-16/h1-3,5-6,9-11,13,16,28H,4,7-8H2,(H2,25,26,27,29). The van der Waals surface area contributed by atoms with Gasteiger partial charge >= 0.3 is 0 Å². The maximum Gasteiger partial charge on any atom is 0.270 e. The summed E-state index contributed by atoms with van der Waals surface area (Å²) in [4.78, 5) is 19.0. The van der Waals surface area contributed by atoms with E-state index >= 15 is 0 Å². The molecule has 0 spiro atoms. The predicted octanol–water partition coefficient (Wildman–Crippen LogP) is 3.39. The average Bonchev–Trinajstić information content (AvgIpc) is 2.72. The quantitative estimate of drug-likeness (QED) is 0.430. The second kappa shape index (κ2) is 8.49. The molecule has 2 aromatic carbocycles. The van der Waals surface area contributed by atoms with Crippen LogP contribution in [-0.4, -0.2) is 27.4 Å². The van der Waals surface area contributed by atoms with Crippen molar-refractivity contribution in [1.29, 1.82) is 5.26 Å². The van der Waals surface area contributed by atoms with E-state index in [1.54, 1.807) is 42.5 Å². The normalized spacial score (nSPS) is 13.6. The van der Waals surface area contributed by atoms with Gasteiger partial charge in [-0.15, -0.1) is 0 Å². The molecule has 8 nitrogen and oxygen atoms in total. The van der Waals surface area contributed by atoms with Crippen LogP contribution in [0.15, 0.2) is 58.4 Å². The molecule has 1 aliphatic rings. The molecule has 1 heterocycles. The van der Waals surface area contributed by atoms with Crippen LogP contribution in [0.5, 0.6) is 11.5 Å². The van der Waals surface area contributed by atoms with E-state index in [2.05, 4.69) is 20.5 Å². The molecule has 150 valence electrons. The minimum Gasteiger partial charge on any atom is -0.507 e. The number of nitrogens with zero attached hydrogens (tertiary/aromatic N) is 3. The van der Waals surface area contributed by atoms with E-state index < -0.39 is 5.56 Å². The fourth-order valence-electron chi connectivity index (χ4n) is 2.98. The number of hydrogen-bond acceptors (Lipinski definition) is 7. The number of benzene rings is 2. The van der Waals surface area contributed by atoms with Crippen LogP contribution in [0.25, 0.3) is 11.3 Å². The van der Waals surface area contributed by atoms with Gasteiger partial charge in [0.05, 0.1) is 18.0 Å². The fourth-order valence-corrected chi connectivity index (χ4v) is 2.98. The molecule has 0 aliphatic heterocycles. The molecule has 1 fully saturated rings. The van der Waals surface area contributed by atoms with E-state index in [9.17, 15) is 15.2 Å². The van der Waals surface area contributed by atoms with Crippen LogP contribution >= 0.6 is 0 Å². The highest BCUT2D eigenvalue weighted by Crippen LogP contribution is 2.28. The van der Waals surface area contributed by atoms with Crippen molar-refractivity contribution in [2.45, 2.75) is 25.4 Å². The van der Waals surface area contributed by atoms with Crippen LogP contribution in [0.3, 0.4) is 0 Å². The van der Waals surface area contributed by atoms with E-state index in [1.165, 1.54) is 12.6 Å². The molecular formula is C22H19N5O3. The van der Waals surface area contributed by atoms with Crippen molar-refractivity contribution >= 4 is 12.2 Å². The van der Waals surface area contributed by atoms with Gasteiger partial charge in [0, 0.05) is 17.2 Å². The zero-order valence-electron chi connectivity index (χ0n) is 16.0. The third-order valence-electron chi connectivity index (χ3n) is 4.81. The Hall–Kier alpha value is -4.12. The number of hydrazone groups is 1. The number of aromatic hydroxyl groups is 1. The SMILES string of the molecule is N#Cc1c(-c2ccccc2)nc(NN=Cc2ccc(OC3CCC3)cc2O)[nH]c1=O. The number of anilines is 1. The summed E-state index contributed by atoms with van der Waals surface area (Å²) < 4.78 is 5.75. The number of aromatic amines is 1. The zero-order valence-corrected chi connectivity index (χ0v) is 16.0. The summed E-state index contributed by atoms with van der Waals surface area (Å²) in [6.07, 6.45) is 4.88. The highest BCUT2D eigenvalue weighted by molar-refractivity contribution is 5.84. The van der Waals surface area contributed by atoms with Crippen LogP contribution in [0, 0.1) is 11.3 Å². The molecule has 3 N–H and O–H groups in total. The number of nitrogens with one attached hydrogen (secondary N) is 2. The molecule has 0 saturated heterocycles. The van der Waals surface area contributed by atoms with E-state index in [4.69, 9.17) is 4.74 Å². The van der Waals surface area contributed by atoms with Gasteiger partial charge in [-0.1, -0.05) is 30.3 Å². The lowest BCUT2D eigenvalue weighted by Gasteiger charge is -2.26. The number of aromatic nitrogens is 2. The first-order chi connectivity index (χ1) is 14.6. The molecule has 0 atom stereocenters. The summed E-state index contributed by atoms with van der Waals surface area (Å²) in [5, 5.41) is 23.5. The number of rotatable bonds is 6. The molecule has 8 heteroatoms. The maximum absolute atomic E-state index is 12.2. The van der Waals surface area contributed by atoms with Gasteiger partial charge in [-0.2, -0.15) is 10.4 Å². The summed E-state index contributed by atoms with van der Waals surface area (Å²) in [7, 11) is 0. The summed E-state index contributed by atoms with van der Waals surface area (Å²) in [6.45, 7) is 0. The van der Waals surface area contributed by atoms with E-state index in [-0.39, 0.29) is 29.1 Å². The first-order valence-corrected chi connectivity index (χ1v) is 9.52. The van der Waals surface area contributed by atoms with E-state index in [0.29, 0.717) is 16.9 Å². The van der Waals surface area contributed by atoms with Crippen molar-refractivity contribution in [3.8, 4) is 28.8 Å². The van der Waals surface area contributed by atoms with Gasteiger partial charge in [-0.3, -0.25) is 9.78 Å². The van der Waals surface area contributed by atoms with E-state index in [1.807, 2.05) is 12.1 Å². The third kappa shape index (κ3) is 4.15. The van der Waals surface area contributed by atoms with Gasteiger partial charge in [-0.25, -0.2) is 10.4 Å². The van der Waals surface area contributed by atoms with Gasteiger partial charge in [0.25, 0.3) is 5.56 Å². The number of phenolic OH excluding ortho intramolecular Hbond substituents is 1. The van der Waals surface area contributed by atoms with Gasteiger partial charge in [0.1, 0.15) is 23.1 Å². The lowest BCUT2D eigenvalue weighted by atomic mass is 9.96. The molecule has 4 rings (SSSR count). The third-order valence-corrected chi connectivity index (χ3v) is 4.81. The summed E-state index contributed by atoms with van der Waals surface area (Å²) >= 11 is 0. The largest absolute Gasteiger partial charge is 0.507 e. The van der Waals surface area contributed by atoms with Crippen molar-refractivity contribution in [1.82, 2.24) is 9.97 Å². The Labute approximate surface area is 172 Å². The number of hydrogen-bond donors (Lipinski definition) is 3. The summed E-state index contributed by atoms with van der Waals surface area (Å²) in [5.41, 5.74) is 3.38. The molecule has 0 bridgehead atoms. The first-order valence-electron chi connectivity index (χ1n) is 9.52. The molecule has 1 aromatic heterocycles. The first kappa shape index (κ1) is 19.2.